The Morgan fingerprint density at radius 2 is 1.54 bits per heavy atom. The highest BCUT2D eigenvalue weighted by Crippen LogP contribution is 2.18. The minimum atomic E-state index is -0.924. The van der Waals surface area contributed by atoms with E-state index in [4.69, 9.17) is 14.2 Å². The molecule has 0 N–H and O–H groups in total. The van der Waals surface area contributed by atoms with Crippen LogP contribution < -0.4 is 4.74 Å². The van der Waals surface area contributed by atoms with Gasteiger partial charge in [-0.1, -0.05) is 19.3 Å². The van der Waals surface area contributed by atoms with Crippen LogP contribution in [0.2, 0.25) is 0 Å². The van der Waals surface area contributed by atoms with Crippen molar-refractivity contribution in [2.24, 2.45) is 0 Å². The summed E-state index contributed by atoms with van der Waals surface area (Å²) in [6, 6.07) is 3.45. The fraction of sp³-hybridized carbons (Fsp3) is 0.682. The average Bonchev–Trinajstić information content (AvgIpc) is 2.59. The van der Waals surface area contributed by atoms with Gasteiger partial charge in [-0.2, -0.15) is 0 Å². The third kappa shape index (κ3) is 9.83. The number of rotatable bonds is 12. The molecule has 0 unspecified atom stereocenters. The minimum Gasteiger partial charge on any atom is -0.492 e. The van der Waals surface area contributed by atoms with Gasteiger partial charge in [0.05, 0.1) is 12.8 Å². The van der Waals surface area contributed by atoms with Gasteiger partial charge in [-0.3, -0.25) is 4.79 Å². The van der Waals surface area contributed by atoms with E-state index in [-0.39, 0.29) is 11.8 Å². The summed E-state index contributed by atoms with van der Waals surface area (Å²) in [5.41, 5.74) is -0.984. The number of unbranched alkanes of at least 4 members (excludes halogenated alkanes) is 4. The molecular formula is C22H35NO5. The van der Waals surface area contributed by atoms with Crippen molar-refractivity contribution in [2.75, 3.05) is 13.2 Å². The van der Waals surface area contributed by atoms with E-state index < -0.39 is 11.2 Å². The van der Waals surface area contributed by atoms with Crippen LogP contribution in [0.4, 0.5) is 0 Å². The van der Waals surface area contributed by atoms with E-state index in [1.165, 1.54) is 6.92 Å². The number of carbonyl (C=O) groups excluding carboxylic acids is 2. The quantitative estimate of drug-likeness (QED) is 0.290. The summed E-state index contributed by atoms with van der Waals surface area (Å²) in [6.07, 6.45) is 6.64. The van der Waals surface area contributed by atoms with Crippen LogP contribution in [0.5, 0.6) is 5.75 Å². The maximum absolute atomic E-state index is 12.1. The Labute approximate surface area is 169 Å². The molecule has 158 valence electrons. The molecule has 0 bridgehead atoms. The van der Waals surface area contributed by atoms with Crippen LogP contribution in [-0.2, 0) is 14.3 Å². The summed E-state index contributed by atoms with van der Waals surface area (Å²) in [7, 11) is 0. The fourth-order valence-electron chi connectivity index (χ4n) is 2.39. The van der Waals surface area contributed by atoms with Gasteiger partial charge in [0.2, 0.25) is 0 Å². The average molecular weight is 394 g/mol. The summed E-state index contributed by atoms with van der Waals surface area (Å²) < 4.78 is 16.7. The van der Waals surface area contributed by atoms with Gasteiger partial charge in [0.25, 0.3) is 0 Å². The monoisotopic (exact) mass is 393 g/mol. The van der Waals surface area contributed by atoms with Crippen molar-refractivity contribution in [2.45, 2.75) is 84.8 Å². The third-order valence-corrected chi connectivity index (χ3v) is 4.01. The van der Waals surface area contributed by atoms with Crippen LogP contribution in [0.15, 0.2) is 18.3 Å². The van der Waals surface area contributed by atoms with Crippen molar-refractivity contribution in [1.82, 2.24) is 4.98 Å². The second-order valence-corrected chi connectivity index (χ2v) is 8.41. The molecule has 0 amide bonds. The molecule has 6 heteroatoms. The number of nitrogens with zero attached hydrogens (tertiary/aromatic N) is 1. The molecule has 28 heavy (non-hydrogen) atoms. The molecule has 0 aliphatic rings. The lowest BCUT2D eigenvalue weighted by atomic mass is 10.1. The molecule has 1 rings (SSSR count). The zero-order chi connectivity index (χ0) is 21.2. The summed E-state index contributed by atoms with van der Waals surface area (Å²) in [5, 5.41) is 0. The molecule has 1 aromatic rings. The van der Waals surface area contributed by atoms with Gasteiger partial charge in [-0.05, 0) is 59.6 Å². The SMILES string of the molecule is CC(=O)c1ccc(OCCCCCCCOC(C)(C)C(=O)OC(C)(C)C)cn1. The van der Waals surface area contributed by atoms with Gasteiger partial charge in [0, 0.05) is 13.5 Å². The number of ketones is 1. The lowest BCUT2D eigenvalue weighted by molar-refractivity contribution is -0.179. The van der Waals surface area contributed by atoms with Crippen LogP contribution in [-0.4, -0.2) is 41.2 Å². The zero-order valence-corrected chi connectivity index (χ0v) is 18.2. The molecule has 0 fully saturated rings. The molecule has 0 radical (unpaired) electrons. The highest BCUT2D eigenvalue weighted by Gasteiger charge is 2.33. The molecule has 0 spiro atoms. The summed E-state index contributed by atoms with van der Waals surface area (Å²) >= 11 is 0. The van der Waals surface area contributed by atoms with Gasteiger partial charge in [0.1, 0.15) is 17.0 Å². The van der Waals surface area contributed by atoms with Crippen LogP contribution in [0.1, 0.15) is 84.1 Å². The Morgan fingerprint density at radius 3 is 2.07 bits per heavy atom. The number of ether oxygens (including phenoxy) is 3. The van der Waals surface area contributed by atoms with Crippen LogP contribution >= 0.6 is 0 Å². The maximum atomic E-state index is 12.1. The maximum Gasteiger partial charge on any atom is 0.338 e. The van der Waals surface area contributed by atoms with Gasteiger partial charge in [-0.15, -0.1) is 0 Å². The Hall–Kier alpha value is -1.95. The third-order valence-electron chi connectivity index (χ3n) is 4.01. The van der Waals surface area contributed by atoms with Crippen molar-refractivity contribution in [3.63, 3.8) is 0 Å². The Kier molecular flexibility index (Phi) is 9.59. The van der Waals surface area contributed by atoms with Crippen molar-refractivity contribution < 1.29 is 23.8 Å². The van der Waals surface area contributed by atoms with Crippen LogP contribution in [0, 0.1) is 0 Å². The molecule has 1 aromatic heterocycles. The number of pyridine rings is 1. The van der Waals surface area contributed by atoms with E-state index in [1.807, 2.05) is 20.8 Å². The number of Topliss-reactive ketones (excluding diaryl/α,β-unsaturated/α-hetero) is 1. The van der Waals surface area contributed by atoms with Crippen molar-refractivity contribution in [3.8, 4) is 5.75 Å². The minimum absolute atomic E-state index is 0.0509. The number of carbonyl (C=O) groups is 2. The summed E-state index contributed by atoms with van der Waals surface area (Å²) in [6.45, 7) is 11.7. The van der Waals surface area contributed by atoms with Crippen molar-refractivity contribution >= 4 is 11.8 Å². The first-order chi connectivity index (χ1) is 13.0. The summed E-state index contributed by atoms with van der Waals surface area (Å²) in [5.74, 6) is 0.302. The van der Waals surface area contributed by atoms with Gasteiger partial charge < -0.3 is 14.2 Å². The number of hydrogen-bond acceptors (Lipinski definition) is 6. The number of hydrogen-bond donors (Lipinski definition) is 0. The zero-order valence-electron chi connectivity index (χ0n) is 18.2. The highest BCUT2D eigenvalue weighted by atomic mass is 16.6. The highest BCUT2D eigenvalue weighted by molar-refractivity contribution is 5.92. The summed E-state index contributed by atoms with van der Waals surface area (Å²) in [4.78, 5) is 27.3. The lowest BCUT2D eigenvalue weighted by Crippen LogP contribution is -2.41. The predicted molar refractivity (Wildman–Crippen MR) is 109 cm³/mol. The molecule has 0 saturated carbocycles. The fourth-order valence-corrected chi connectivity index (χ4v) is 2.39. The first kappa shape index (κ1) is 24.1. The van der Waals surface area contributed by atoms with Gasteiger partial charge >= 0.3 is 5.97 Å². The molecule has 0 aliphatic carbocycles. The van der Waals surface area contributed by atoms with E-state index in [2.05, 4.69) is 4.98 Å². The Bertz CT molecular complexity index is 617. The number of esters is 1. The Morgan fingerprint density at radius 1 is 0.929 bits per heavy atom. The number of aromatic nitrogens is 1. The second-order valence-electron chi connectivity index (χ2n) is 8.41. The molecular weight excluding hydrogens is 358 g/mol. The van der Waals surface area contributed by atoms with Crippen molar-refractivity contribution in [1.29, 1.82) is 0 Å². The molecule has 1 heterocycles. The van der Waals surface area contributed by atoms with Gasteiger partial charge in [0.15, 0.2) is 11.4 Å². The lowest BCUT2D eigenvalue weighted by Gasteiger charge is -2.28. The first-order valence-corrected chi connectivity index (χ1v) is 9.98. The Balaban J connectivity index is 2.08. The second kappa shape index (κ2) is 11.1. The van der Waals surface area contributed by atoms with E-state index in [1.54, 1.807) is 32.2 Å². The van der Waals surface area contributed by atoms with Crippen molar-refractivity contribution in [3.05, 3.63) is 24.0 Å². The normalized spacial score (nSPS) is 11.9. The largest absolute Gasteiger partial charge is 0.492 e. The molecule has 6 nitrogen and oxygen atoms in total. The first-order valence-electron chi connectivity index (χ1n) is 9.98. The molecule has 0 atom stereocenters. The molecule has 0 saturated heterocycles. The van der Waals surface area contributed by atoms with Crippen LogP contribution in [0.25, 0.3) is 0 Å². The van der Waals surface area contributed by atoms with Gasteiger partial charge in [-0.25, -0.2) is 9.78 Å². The van der Waals surface area contributed by atoms with E-state index in [0.717, 1.165) is 32.1 Å². The smallest absolute Gasteiger partial charge is 0.338 e. The van der Waals surface area contributed by atoms with Crippen LogP contribution in [0.3, 0.4) is 0 Å². The molecule has 0 aromatic carbocycles. The van der Waals surface area contributed by atoms with E-state index >= 15 is 0 Å². The molecule has 0 aliphatic heterocycles. The predicted octanol–water partition coefficient (Wildman–Crippen LogP) is 4.75. The van der Waals surface area contributed by atoms with E-state index in [9.17, 15) is 9.59 Å². The topological polar surface area (TPSA) is 74.7 Å². The standard InChI is InChI=1S/C22H35NO5/c1-17(24)19-13-12-18(16-23-19)26-14-10-8-7-9-11-15-27-22(5,6)20(25)28-21(2,3)4/h12-13,16H,7-11,14-15H2,1-6H3. The van der Waals surface area contributed by atoms with E-state index in [0.29, 0.717) is 24.7 Å².